The number of hydrogen-bond acceptors (Lipinski definition) is 3. The molecular formula is C22H22N2O3. The zero-order chi connectivity index (χ0) is 19.1. The minimum absolute atomic E-state index is 0.0543. The second-order valence-electron chi connectivity index (χ2n) is 6.13. The maximum atomic E-state index is 12.5. The fraction of sp³-hybridized carbons (Fsp3) is 0.182. The Morgan fingerprint density at radius 1 is 0.926 bits per heavy atom. The molecule has 0 radical (unpaired) electrons. The first-order valence-corrected chi connectivity index (χ1v) is 8.92. The molecule has 0 fully saturated rings. The van der Waals surface area contributed by atoms with Crippen LogP contribution in [0.2, 0.25) is 0 Å². The Balaban J connectivity index is 1.64. The number of likely N-dealkylation sites (N-methyl/N-ethyl adjacent to an activating group) is 1. The van der Waals surface area contributed by atoms with Crippen molar-refractivity contribution in [3.63, 3.8) is 0 Å². The van der Waals surface area contributed by atoms with E-state index in [0.29, 0.717) is 18.0 Å². The van der Waals surface area contributed by atoms with Gasteiger partial charge >= 0.3 is 0 Å². The molecule has 0 saturated heterocycles. The number of benzene rings is 3. The van der Waals surface area contributed by atoms with Gasteiger partial charge in [-0.15, -0.1) is 0 Å². The van der Waals surface area contributed by atoms with E-state index in [4.69, 9.17) is 4.74 Å². The average Bonchev–Trinajstić information content (AvgIpc) is 2.67. The average molecular weight is 362 g/mol. The van der Waals surface area contributed by atoms with Crippen LogP contribution in [0.4, 0.5) is 5.69 Å². The Bertz CT molecular complexity index is 948. The van der Waals surface area contributed by atoms with Crippen molar-refractivity contribution in [2.45, 2.75) is 13.3 Å². The summed E-state index contributed by atoms with van der Waals surface area (Å²) >= 11 is 0. The SMILES string of the molecule is CCNC(=O)COc1cccc(NC(=O)Cc2cccc3ccccc23)c1. The van der Waals surface area contributed by atoms with Gasteiger partial charge < -0.3 is 15.4 Å². The minimum Gasteiger partial charge on any atom is -0.484 e. The van der Waals surface area contributed by atoms with Gasteiger partial charge in [-0.3, -0.25) is 9.59 Å². The van der Waals surface area contributed by atoms with Crippen molar-refractivity contribution >= 4 is 28.3 Å². The zero-order valence-electron chi connectivity index (χ0n) is 15.2. The molecule has 0 saturated carbocycles. The molecule has 3 rings (SSSR count). The van der Waals surface area contributed by atoms with Crippen LogP contribution in [0.5, 0.6) is 5.75 Å². The quantitative estimate of drug-likeness (QED) is 0.676. The molecule has 0 aliphatic heterocycles. The number of ether oxygens (including phenoxy) is 1. The zero-order valence-corrected chi connectivity index (χ0v) is 15.2. The summed E-state index contributed by atoms with van der Waals surface area (Å²) in [5.41, 5.74) is 1.61. The van der Waals surface area contributed by atoms with Crippen LogP contribution in [0.1, 0.15) is 12.5 Å². The number of anilines is 1. The fourth-order valence-corrected chi connectivity index (χ4v) is 2.89. The van der Waals surface area contributed by atoms with Gasteiger partial charge in [0, 0.05) is 18.3 Å². The molecule has 2 amide bonds. The smallest absolute Gasteiger partial charge is 0.257 e. The van der Waals surface area contributed by atoms with Crippen molar-refractivity contribution in [1.29, 1.82) is 0 Å². The van der Waals surface area contributed by atoms with Gasteiger partial charge in [0.25, 0.3) is 5.91 Å². The first kappa shape index (κ1) is 18.5. The molecular weight excluding hydrogens is 340 g/mol. The monoisotopic (exact) mass is 362 g/mol. The van der Waals surface area contributed by atoms with E-state index in [1.807, 2.05) is 49.4 Å². The third kappa shape index (κ3) is 5.07. The van der Waals surface area contributed by atoms with Crippen LogP contribution in [0, 0.1) is 0 Å². The Kier molecular flexibility index (Phi) is 6.05. The van der Waals surface area contributed by atoms with Crippen molar-refractivity contribution in [3.8, 4) is 5.75 Å². The van der Waals surface area contributed by atoms with E-state index in [-0.39, 0.29) is 24.8 Å². The van der Waals surface area contributed by atoms with Crippen LogP contribution in [-0.2, 0) is 16.0 Å². The summed E-state index contributed by atoms with van der Waals surface area (Å²) in [7, 11) is 0. The lowest BCUT2D eigenvalue weighted by molar-refractivity contribution is -0.123. The Labute approximate surface area is 158 Å². The lowest BCUT2D eigenvalue weighted by atomic mass is 10.0. The summed E-state index contributed by atoms with van der Waals surface area (Å²) < 4.78 is 5.46. The standard InChI is InChI=1S/C22H22N2O3/c1-2-23-22(26)15-27-19-11-6-10-18(14-19)24-21(25)13-17-9-5-8-16-7-3-4-12-20(16)17/h3-12,14H,2,13,15H2,1H3,(H,23,26)(H,24,25). The second kappa shape index (κ2) is 8.85. The first-order chi connectivity index (χ1) is 13.2. The van der Waals surface area contributed by atoms with Gasteiger partial charge in [-0.2, -0.15) is 0 Å². The van der Waals surface area contributed by atoms with Crippen LogP contribution in [-0.4, -0.2) is 25.0 Å². The molecule has 0 spiro atoms. The Hall–Kier alpha value is -3.34. The highest BCUT2D eigenvalue weighted by atomic mass is 16.5. The van der Waals surface area contributed by atoms with Crippen molar-refractivity contribution < 1.29 is 14.3 Å². The topological polar surface area (TPSA) is 67.4 Å². The largest absolute Gasteiger partial charge is 0.484 e. The number of carbonyl (C=O) groups is 2. The number of rotatable bonds is 7. The molecule has 0 aliphatic carbocycles. The molecule has 0 aromatic heterocycles. The van der Waals surface area contributed by atoms with Crippen LogP contribution in [0.25, 0.3) is 10.8 Å². The van der Waals surface area contributed by atoms with Gasteiger partial charge in [-0.25, -0.2) is 0 Å². The van der Waals surface area contributed by atoms with Crippen molar-refractivity contribution in [3.05, 3.63) is 72.3 Å². The third-order valence-electron chi connectivity index (χ3n) is 4.09. The molecule has 0 heterocycles. The predicted molar refractivity (Wildman–Crippen MR) is 107 cm³/mol. The first-order valence-electron chi connectivity index (χ1n) is 8.92. The minimum atomic E-state index is -0.178. The highest BCUT2D eigenvalue weighted by Gasteiger charge is 2.08. The molecule has 27 heavy (non-hydrogen) atoms. The molecule has 5 nitrogen and oxygen atoms in total. The van der Waals surface area contributed by atoms with E-state index in [1.165, 1.54) is 0 Å². The summed E-state index contributed by atoms with van der Waals surface area (Å²) in [6.07, 6.45) is 0.283. The number of nitrogens with one attached hydrogen (secondary N) is 2. The van der Waals surface area contributed by atoms with Crippen LogP contribution < -0.4 is 15.4 Å². The lowest BCUT2D eigenvalue weighted by Gasteiger charge is -2.10. The second-order valence-corrected chi connectivity index (χ2v) is 6.13. The van der Waals surface area contributed by atoms with E-state index in [2.05, 4.69) is 10.6 Å². The Morgan fingerprint density at radius 2 is 1.70 bits per heavy atom. The van der Waals surface area contributed by atoms with Gasteiger partial charge in [0.2, 0.25) is 5.91 Å². The highest BCUT2D eigenvalue weighted by molar-refractivity contribution is 5.96. The molecule has 0 unspecified atom stereocenters. The maximum Gasteiger partial charge on any atom is 0.257 e. The van der Waals surface area contributed by atoms with E-state index < -0.39 is 0 Å². The van der Waals surface area contributed by atoms with Gasteiger partial charge in [0.05, 0.1) is 6.42 Å². The summed E-state index contributed by atoms with van der Waals surface area (Å²) in [5.74, 6) is 0.249. The fourth-order valence-electron chi connectivity index (χ4n) is 2.89. The van der Waals surface area contributed by atoms with E-state index in [9.17, 15) is 9.59 Å². The van der Waals surface area contributed by atoms with E-state index in [1.54, 1.807) is 24.3 Å². The Morgan fingerprint density at radius 3 is 2.56 bits per heavy atom. The molecule has 138 valence electrons. The molecule has 0 aliphatic rings. The molecule has 3 aromatic rings. The number of hydrogen-bond donors (Lipinski definition) is 2. The number of fused-ring (bicyclic) bond motifs is 1. The maximum absolute atomic E-state index is 12.5. The lowest BCUT2D eigenvalue weighted by Crippen LogP contribution is -2.28. The molecule has 2 N–H and O–H groups in total. The molecule has 0 bridgehead atoms. The van der Waals surface area contributed by atoms with E-state index >= 15 is 0 Å². The van der Waals surface area contributed by atoms with E-state index in [0.717, 1.165) is 16.3 Å². The number of carbonyl (C=O) groups excluding carboxylic acids is 2. The van der Waals surface area contributed by atoms with Crippen LogP contribution >= 0.6 is 0 Å². The van der Waals surface area contributed by atoms with Gasteiger partial charge in [-0.05, 0) is 35.4 Å². The highest BCUT2D eigenvalue weighted by Crippen LogP contribution is 2.21. The van der Waals surface area contributed by atoms with Crippen molar-refractivity contribution in [2.24, 2.45) is 0 Å². The summed E-state index contributed by atoms with van der Waals surface area (Å²) in [6.45, 7) is 2.36. The summed E-state index contributed by atoms with van der Waals surface area (Å²) in [4.78, 5) is 24.0. The molecule has 5 heteroatoms. The van der Waals surface area contributed by atoms with Gasteiger partial charge in [-0.1, -0.05) is 48.5 Å². The summed E-state index contributed by atoms with van der Waals surface area (Å²) in [5, 5.41) is 7.75. The number of amides is 2. The summed E-state index contributed by atoms with van der Waals surface area (Å²) in [6, 6.07) is 21.0. The third-order valence-corrected chi connectivity index (χ3v) is 4.09. The normalized spacial score (nSPS) is 10.4. The predicted octanol–water partition coefficient (Wildman–Crippen LogP) is 3.54. The van der Waals surface area contributed by atoms with Gasteiger partial charge in [0.15, 0.2) is 6.61 Å². The molecule has 3 aromatic carbocycles. The van der Waals surface area contributed by atoms with Gasteiger partial charge in [0.1, 0.15) is 5.75 Å². The molecule has 0 atom stereocenters. The van der Waals surface area contributed by atoms with Crippen LogP contribution in [0.15, 0.2) is 66.7 Å². The van der Waals surface area contributed by atoms with Crippen LogP contribution in [0.3, 0.4) is 0 Å². The van der Waals surface area contributed by atoms with Crippen molar-refractivity contribution in [1.82, 2.24) is 5.32 Å². The van der Waals surface area contributed by atoms with Crippen molar-refractivity contribution in [2.75, 3.05) is 18.5 Å².